The summed E-state index contributed by atoms with van der Waals surface area (Å²) in [6.07, 6.45) is 1.86. The molecular formula is C26H24N2O2S. The van der Waals surface area contributed by atoms with E-state index in [1.807, 2.05) is 56.3 Å². The molecule has 1 fully saturated rings. The fourth-order valence-electron chi connectivity index (χ4n) is 3.15. The normalized spacial score (nSPS) is 16.0. The van der Waals surface area contributed by atoms with E-state index in [9.17, 15) is 4.79 Å². The minimum absolute atomic E-state index is 0.151. The Morgan fingerprint density at radius 1 is 0.968 bits per heavy atom. The number of amides is 1. The lowest BCUT2D eigenvalue weighted by molar-refractivity contribution is -0.115. The van der Waals surface area contributed by atoms with Gasteiger partial charge in [-0.15, -0.1) is 0 Å². The maximum Gasteiger partial charge on any atom is 0.264 e. The number of amidine groups is 1. The number of hydrogen-bond donors (Lipinski definition) is 1. The summed E-state index contributed by atoms with van der Waals surface area (Å²) in [6, 6.07) is 22.1. The van der Waals surface area contributed by atoms with E-state index in [4.69, 9.17) is 4.74 Å². The van der Waals surface area contributed by atoms with Crippen LogP contribution in [0.15, 0.2) is 76.6 Å². The average Bonchev–Trinajstić information content (AvgIpc) is 3.10. The monoisotopic (exact) mass is 428 g/mol. The van der Waals surface area contributed by atoms with Crippen molar-refractivity contribution in [2.24, 2.45) is 4.99 Å². The van der Waals surface area contributed by atoms with E-state index >= 15 is 0 Å². The van der Waals surface area contributed by atoms with Crippen LogP contribution in [0.2, 0.25) is 0 Å². The molecule has 0 unspecified atom stereocenters. The second kappa shape index (κ2) is 9.23. The first-order valence-electron chi connectivity index (χ1n) is 10.1. The number of nitrogens with one attached hydrogen (secondary N) is 1. The summed E-state index contributed by atoms with van der Waals surface area (Å²) < 4.78 is 6.04. The van der Waals surface area contributed by atoms with Gasteiger partial charge in [0, 0.05) is 5.56 Å². The molecule has 1 amide bonds. The lowest BCUT2D eigenvalue weighted by atomic mass is 10.1. The molecule has 0 saturated carbocycles. The Morgan fingerprint density at radius 2 is 1.71 bits per heavy atom. The van der Waals surface area contributed by atoms with Gasteiger partial charge >= 0.3 is 0 Å². The van der Waals surface area contributed by atoms with Crippen molar-refractivity contribution in [1.82, 2.24) is 5.32 Å². The van der Waals surface area contributed by atoms with Crippen LogP contribution in [-0.2, 0) is 11.4 Å². The standard InChI is InChI=1S/C26H24N2O2S/c1-17-9-12-20(13-10-17)16-30-23-7-5-4-6-21(23)15-24-25(29)28-26(31-24)27-22-14-18(2)8-11-19(22)3/h4-15H,16H2,1-3H3,(H,27,28,29)/b24-15-. The molecule has 1 aliphatic heterocycles. The molecule has 1 aliphatic rings. The zero-order valence-corrected chi connectivity index (χ0v) is 18.6. The second-order valence-corrected chi connectivity index (χ2v) is 8.61. The number of aliphatic imine (C=N–C) groups is 1. The maximum atomic E-state index is 12.5. The number of benzene rings is 3. The molecule has 0 bridgehead atoms. The van der Waals surface area contributed by atoms with E-state index in [-0.39, 0.29) is 5.91 Å². The van der Waals surface area contributed by atoms with Gasteiger partial charge in [-0.25, -0.2) is 4.99 Å². The Bertz CT molecular complexity index is 1180. The number of ether oxygens (including phenoxy) is 1. The summed E-state index contributed by atoms with van der Waals surface area (Å²) in [5, 5.41) is 3.45. The zero-order chi connectivity index (χ0) is 21.8. The Morgan fingerprint density at radius 3 is 2.52 bits per heavy atom. The van der Waals surface area contributed by atoms with E-state index in [1.165, 1.54) is 17.3 Å². The van der Waals surface area contributed by atoms with E-state index in [2.05, 4.69) is 47.6 Å². The fourth-order valence-corrected chi connectivity index (χ4v) is 3.97. The van der Waals surface area contributed by atoms with Crippen LogP contribution >= 0.6 is 11.8 Å². The van der Waals surface area contributed by atoms with Gasteiger partial charge in [0.2, 0.25) is 0 Å². The Kier molecular flexibility index (Phi) is 6.23. The summed E-state index contributed by atoms with van der Waals surface area (Å²) in [6.45, 7) is 6.58. The molecule has 3 aromatic rings. The molecule has 3 aromatic carbocycles. The fraction of sp³-hybridized carbons (Fsp3) is 0.154. The first-order valence-corrected chi connectivity index (χ1v) is 10.9. The highest BCUT2D eigenvalue weighted by Crippen LogP contribution is 2.31. The first kappa shape index (κ1) is 20.9. The summed E-state index contributed by atoms with van der Waals surface area (Å²) in [5.74, 6) is 0.589. The average molecular weight is 429 g/mol. The van der Waals surface area contributed by atoms with Gasteiger partial charge in [0.05, 0.1) is 10.6 Å². The van der Waals surface area contributed by atoms with Crippen molar-refractivity contribution < 1.29 is 9.53 Å². The largest absolute Gasteiger partial charge is 0.488 e. The van der Waals surface area contributed by atoms with Gasteiger partial charge in [-0.05, 0) is 67.4 Å². The molecule has 0 aromatic heterocycles. The predicted molar refractivity (Wildman–Crippen MR) is 129 cm³/mol. The summed E-state index contributed by atoms with van der Waals surface area (Å²) in [4.78, 5) is 17.8. The third kappa shape index (κ3) is 5.25. The van der Waals surface area contributed by atoms with Crippen LogP contribution in [0.1, 0.15) is 27.8 Å². The molecule has 5 heteroatoms. The number of rotatable bonds is 5. The van der Waals surface area contributed by atoms with Crippen molar-refractivity contribution in [1.29, 1.82) is 0 Å². The zero-order valence-electron chi connectivity index (χ0n) is 17.8. The van der Waals surface area contributed by atoms with E-state index in [0.717, 1.165) is 33.7 Å². The van der Waals surface area contributed by atoms with Crippen molar-refractivity contribution in [2.75, 3.05) is 0 Å². The summed E-state index contributed by atoms with van der Waals surface area (Å²) in [5.41, 5.74) is 6.25. The molecule has 1 N–H and O–H groups in total. The molecule has 0 atom stereocenters. The van der Waals surface area contributed by atoms with E-state index in [1.54, 1.807) is 0 Å². The molecule has 1 saturated heterocycles. The van der Waals surface area contributed by atoms with Gasteiger partial charge in [0.15, 0.2) is 5.17 Å². The highest BCUT2D eigenvalue weighted by atomic mass is 32.2. The number of aryl methyl sites for hydroxylation is 3. The number of nitrogens with zero attached hydrogens (tertiary/aromatic N) is 1. The van der Waals surface area contributed by atoms with Crippen LogP contribution in [-0.4, -0.2) is 11.1 Å². The third-order valence-electron chi connectivity index (χ3n) is 4.96. The highest BCUT2D eigenvalue weighted by Gasteiger charge is 2.24. The molecule has 31 heavy (non-hydrogen) atoms. The van der Waals surface area contributed by atoms with Crippen molar-refractivity contribution in [3.8, 4) is 5.75 Å². The number of thioether (sulfide) groups is 1. The lowest BCUT2D eigenvalue weighted by Crippen LogP contribution is -2.19. The van der Waals surface area contributed by atoms with Crippen LogP contribution in [0.5, 0.6) is 5.75 Å². The molecule has 0 radical (unpaired) electrons. The quantitative estimate of drug-likeness (QED) is 0.501. The van der Waals surface area contributed by atoms with Crippen LogP contribution in [0, 0.1) is 20.8 Å². The molecule has 0 spiro atoms. The minimum Gasteiger partial charge on any atom is -0.488 e. The van der Waals surface area contributed by atoms with Gasteiger partial charge in [0.25, 0.3) is 5.91 Å². The number of para-hydroxylation sites is 1. The van der Waals surface area contributed by atoms with E-state index in [0.29, 0.717) is 16.7 Å². The Balaban J connectivity index is 1.53. The van der Waals surface area contributed by atoms with Crippen molar-refractivity contribution in [3.63, 3.8) is 0 Å². The topological polar surface area (TPSA) is 50.7 Å². The smallest absolute Gasteiger partial charge is 0.264 e. The Labute approximate surface area is 187 Å². The summed E-state index contributed by atoms with van der Waals surface area (Å²) >= 11 is 1.34. The first-order chi connectivity index (χ1) is 15.0. The molecule has 156 valence electrons. The van der Waals surface area contributed by atoms with Gasteiger partial charge < -0.3 is 10.1 Å². The molecule has 4 nitrogen and oxygen atoms in total. The number of carbonyl (C=O) groups is 1. The van der Waals surface area contributed by atoms with Gasteiger partial charge in [-0.3, -0.25) is 4.79 Å². The second-order valence-electron chi connectivity index (χ2n) is 7.58. The van der Waals surface area contributed by atoms with E-state index < -0.39 is 0 Å². The van der Waals surface area contributed by atoms with Gasteiger partial charge in [0.1, 0.15) is 12.4 Å². The third-order valence-corrected chi connectivity index (χ3v) is 5.87. The van der Waals surface area contributed by atoms with Crippen molar-refractivity contribution in [3.05, 3.63) is 99.5 Å². The van der Waals surface area contributed by atoms with Gasteiger partial charge in [-0.2, -0.15) is 0 Å². The maximum absolute atomic E-state index is 12.5. The number of hydrogen-bond acceptors (Lipinski definition) is 4. The van der Waals surface area contributed by atoms with Crippen LogP contribution in [0.4, 0.5) is 5.69 Å². The Hall–Kier alpha value is -3.31. The van der Waals surface area contributed by atoms with Crippen molar-refractivity contribution >= 4 is 34.6 Å². The SMILES string of the molecule is Cc1ccc(COc2ccccc2/C=C2\SC(=Nc3cc(C)ccc3C)NC2=O)cc1. The van der Waals surface area contributed by atoms with Crippen LogP contribution in [0.3, 0.4) is 0 Å². The number of carbonyl (C=O) groups excluding carboxylic acids is 1. The van der Waals surface area contributed by atoms with Gasteiger partial charge in [-0.1, -0.05) is 60.2 Å². The molecule has 0 aliphatic carbocycles. The lowest BCUT2D eigenvalue weighted by Gasteiger charge is -2.10. The predicted octanol–water partition coefficient (Wildman–Crippen LogP) is 6.08. The highest BCUT2D eigenvalue weighted by molar-refractivity contribution is 8.18. The van der Waals surface area contributed by atoms with Crippen LogP contribution < -0.4 is 10.1 Å². The molecular weight excluding hydrogens is 404 g/mol. The minimum atomic E-state index is -0.151. The molecule has 4 rings (SSSR count). The summed E-state index contributed by atoms with van der Waals surface area (Å²) in [7, 11) is 0. The van der Waals surface area contributed by atoms with Crippen molar-refractivity contribution in [2.45, 2.75) is 27.4 Å². The van der Waals surface area contributed by atoms with Crippen LogP contribution in [0.25, 0.3) is 6.08 Å². The molecule has 1 heterocycles.